The first kappa shape index (κ1) is 19.0. The van der Waals surface area contributed by atoms with E-state index in [0.29, 0.717) is 5.56 Å². The highest BCUT2D eigenvalue weighted by atomic mass is 19.2. The lowest BCUT2D eigenvalue weighted by atomic mass is 10.0. The second-order valence-electron chi connectivity index (χ2n) is 5.28. The molecule has 0 bridgehead atoms. The summed E-state index contributed by atoms with van der Waals surface area (Å²) in [6.07, 6.45) is -0.0483. The number of carbonyl (C=O) groups is 2. The third kappa shape index (κ3) is 4.38. The Balaban J connectivity index is 2.19. The summed E-state index contributed by atoms with van der Waals surface area (Å²) in [6, 6.07) is 7.25. The van der Waals surface area contributed by atoms with Gasteiger partial charge in [-0.15, -0.1) is 0 Å². The first-order valence-electron chi connectivity index (χ1n) is 7.39. The van der Waals surface area contributed by atoms with Crippen LogP contribution in [0.4, 0.5) is 14.5 Å². The highest BCUT2D eigenvalue weighted by Gasteiger charge is 2.25. The molecule has 26 heavy (non-hydrogen) atoms. The van der Waals surface area contributed by atoms with Crippen LogP contribution in [0.2, 0.25) is 0 Å². The minimum atomic E-state index is -1.33. The Kier molecular flexibility index (Phi) is 5.94. The molecule has 2 aromatic rings. The molecule has 0 aliphatic heterocycles. The van der Waals surface area contributed by atoms with Gasteiger partial charge >= 0.3 is 5.97 Å². The molecule has 0 heterocycles. The number of non-ortho nitro benzene ring substituents is 1. The smallest absolute Gasteiger partial charge is 0.328 e. The quantitative estimate of drug-likeness (QED) is 0.482. The molecule has 1 atom stereocenters. The molecular weight excluding hydrogens is 350 g/mol. The topological polar surface area (TPSA) is 98.5 Å². The number of rotatable bonds is 6. The van der Waals surface area contributed by atoms with Gasteiger partial charge in [0.05, 0.1) is 17.6 Å². The zero-order chi connectivity index (χ0) is 19.3. The molecule has 2 aromatic carbocycles. The molecule has 1 amide bonds. The van der Waals surface area contributed by atoms with Gasteiger partial charge in [0.15, 0.2) is 11.6 Å². The summed E-state index contributed by atoms with van der Waals surface area (Å²) in [5.41, 5.74) is -0.178. The molecule has 0 fully saturated rings. The van der Waals surface area contributed by atoms with Crippen molar-refractivity contribution in [1.29, 1.82) is 0 Å². The fraction of sp³-hybridized carbons (Fsp3) is 0.176. The van der Waals surface area contributed by atoms with Crippen LogP contribution < -0.4 is 5.32 Å². The average Bonchev–Trinajstić information content (AvgIpc) is 2.63. The predicted octanol–water partition coefficient (Wildman–Crippen LogP) is 2.39. The van der Waals surface area contributed by atoms with Gasteiger partial charge < -0.3 is 10.1 Å². The zero-order valence-corrected chi connectivity index (χ0v) is 13.6. The van der Waals surface area contributed by atoms with Crippen LogP contribution in [0.1, 0.15) is 15.9 Å². The van der Waals surface area contributed by atoms with Gasteiger partial charge in [0, 0.05) is 18.6 Å². The molecule has 0 unspecified atom stereocenters. The van der Waals surface area contributed by atoms with Crippen molar-refractivity contribution < 1.29 is 28.0 Å². The Morgan fingerprint density at radius 1 is 1.19 bits per heavy atom. The van der Waals surface area contributed by atoms with Crippen LogP contribution in [0, 0.1) is 21.7 Å². The van der Waals surface area contributed by atoms with E-state index in [4.69, 9.17) is 0 Å². The van der Waals surface area contributed by atoms with E-state index < -0.39 is 40.0 Å². The third-order valence-corrected chi connectivity index (χ3v) is 3.57. The van der Waals surface area contributed by atoms with Crippen LogP contribution in [0.15, 0.2) is 42.5 Å². The van der Waals surface area contributed by atoms with Gasteiger partial charge in [-0.05, 0) is 17.7 Å². The molecule has 0 radical (unpaired) electrons. The van der Waals surface area contributed by atoms with Crippen LogP contribution in [0.25, 0.3) is 0 Å². The Morgan fingerprint density at radius 2 is 1.85 bits per heavy atom. The van der Waals surface area contributed by atoms with Gasteiger partial charge in [-0.3, -0.25) is 14.9 Å². The molecule has 0 aliphatic carbocycles. The van der Waals surface area contributed by atoms with E-state index in [1.165, 1.54) is 24.3 Å². The summed E-state index contributed by atoms with van der Waals surface area (Å²) in [7, 11) is 1.11. The number of benzene rings is 2. The molecule has 0 aromatic heterocycles. The minimum Gasteiger partial charge on any atom is -0.467 e. The number of methoxy groups -OCH3 is 1. The minimum absolute atomic E-state index is 0.0483. The van der Waals surface area contributed by atoms with Gasteiger partial charge in [-0.2, -0.15) is 0 Å². The highest BCUT2D eigenvalue weighted by molar-refractivity contribution is 5.97. The maximum atomic E-state index is 13.7. The second-order valence-corrected chi connectivity index (χ2v) is 5.28. The number of nitro groups is 1. The molecule has 0 aliphatic rings. The summed E-state index contributed by atoms with van der Waals surface area (Å²) in [5.74, 6) is -4.31. The Morgan fingerprint density at radius 3 is 2.42 bits per heavy atom. The van der Waals surface area contributed by atoms with E-state index in [0.717, 1.165) is 25.3 Å². The maximum absolute atomic E-state index is 13.7. The Bertz CT molecular complexity index is 840. The fourth-order valence-corrected chi connectivity index (χ4v) is 2.24. The average molecular weight is 364 g/mol. The monoisotopic (exact) mass is 364 g/mol. The lowest BCUT2D eigenvalue weighted by molar-refractivity contribution is -0.384. The maximum Gasteiger partial charge on any atom is 0.328 e. The second kappa shape index (κ2) is 8.15. The number of carbonyl (C=O) groups excluding carboxylic acids is 2. The van der Waals surface area contributed by atoms with E-state index in [-0.39, 0.29) is 12.1 Å². The first-order chi connectivity index (χ1) is 12.3. The van der Waals surface area contributed by atoms with Crippen LogP contribution in [-0.4, -0.2) is 30.0 Å². The van der Waals surface area contributed by atoms with Crippen molar-refractivity contribution in [1.82, 2.24) is 5.32 Å². The van der Waals surface area contributed by atoms with Crippen LogP contribution in [0.5, 0.6) is 0 Å². The largest absolute Gasteiger partial charge is 0.467 e. The Labute approximate surface area is 146 Å². The number of hydrogen-bond acceptors (Lipinski definition) is 5. The number of ether oxygens (including phenoxy) is 1. The lowest BCUT2D eigenvalue weighted by Crippen LogP contribution is -2.43. The molecule has 1 N–H and O–H groups in total. The van der Waals surface area contributed by atoms with Gasteiger partial charge in [0.2, 0.25) is 0 Å². The van der Waals surface area contributed by atoms with Crippen molar-refractivity contribution in [3.05, 3.63) is 75.3 Å². The van der Waals surface area contributed by atoms with Gasteiger partial charge in [0.25, 0.3) is 11.6 Å². The SMILES string of the molecule is COC(=O)[C@H](Cc1ccc([N+](=O)[O-])cc1)NC(=O)c1cccc(F)c1F. The van der Waals surface area contributed by atoms with Crippen molar-refractivity contribution in [2.24, 2.45) is 0 Å². The molecule has 2 rings (SSSR count). The van der Waals surface area contributed by atoms with Crippen molar-refractivity contribution in [3.63, 3.8) is 0 Å². The van der Waals surface area contributed by atoms with E-state index in [2.05, 4.69) is 10.1 Å². The summed E-state index contributed by atoms with van der Waals surface area (Å²) in [4.78, 5) is 34.2. The Hall–Kier alpha value is -3.36. The molecule has 0 saturated carbocycles. The van der Waals surface area contributed by atoms with E-state index >= 15 is 0 Å². The van der Waals surface area contributed by atoms with Crippen LogP contribution in [0.3, 0.4) is 0 Å². The third-order valence-electron chi connectivity index (χ3n) is 3.57. The molecule has 0 spiro atoms. The normalized spacial score (nSPS) is 11.5. The fourth-order valence-electron chi connectivity index (χ4n) is 2.24. The van der Waals surface area contributed by atoms with Crippen LogP contribution >= 0.6 is 0 Å². The van der Waals surface area contributed by atoms with Gasteiger partial charge in [0.1, 0.15) is 6.04 Å². The van der Waals surface area contributed by atoms with Gasteiger partial charge in [-0.25, -0.2) is 13.6 Å². The number of amides is 1. The van der Waals surface area contributed by atoms with Crippen molar-refractivity contribution in [3.8, 4) is 0 Å². The summed E-state index contributed by atoms with van der Waals surface area (Å²) < 4.78 is 31.6. The number of esters is 1. The van der Waals surface area contributed by atoms with E-state index in [9.17, 15) is 28.5 Å². The van der Waals surface area contributed by atoms with Crippen LogP contribution in [-0.2, 0) is 16.0 Å². The predicted molar refractivity (Wildman–Crippen MR) is 86.4 cm³/mol. The highest BCUT2D eigenvalue weighted by Crippen LogP contribution is 2.15. The number of nitro benzene ring substituents is 1. The summed E-state index contributed by atoms with van der Waals surface area (Å²) in [5, 5.41) is 12.9. The molecule has 7 nitrogen and oxygen atoms in total. The number of nitrogens with one attached hydrogen (secondary N) is 1. The molecule has 9 heteroatoms. The van der Waals surface area contributed by atoms with Crippen molar-refractivity contribution in [2.45, 2.75) is 12.5 Å². The van der Waals surface area contributed by atoms with Crippen molar-refractivity contribution >= 4 is 17.6 Å². The zero-order valence-electron chi connectivity index (χ0n) is 13.6. The lowest BCUT2D eigenvalue weighted by Gasteiger charge is -2.17. The molecule has 136 valence electrons. The molecular formula is C17H14F2N2O5. The standard InChI is InChI=1S/C17H14F2N2O5/c1-26-17(23)14(9-10-5-7-11(8-6-10)21(24)25)20-16(22)12-3-2-4-13(18)15(12)19/h2-8,14H,9H2,1H3,(H,20,22)/t14-/m0/s1. The van der Waals surface area contributed by atoms with Gasteiger partial charge in [-0.1, -0.05) is 18.2 Å². The first-order valence-corrected chi connectivity index (χ1v) is 7.39. The molecule has 0 saturated heterocycles. The summed E-state index contributed by atoms with van der Waals surface area (Å²) in [6.45, 7) is 0. The number of hydrogen-bond donors (Lipinski definition) is 1. The van der Waals surface area contributed by atoms with Crippen molar-refractivity contribution in [2.75, 3.05) is 7.11 Å². The summed E-state index contributed by atoms with van der Waals surface area (Å²) >= 11 is 0. The van der Waals surface area contributed by atoms with E-state index in [1.54, 1.807) is 0 Å². The number of halogens is 2. The van der Waals surface area contributed by atoms with E-state index in [1.807, 2.05) is 0 Å². The number of nitrogens with zero attached hydrogens (tertiary/aromatic N) is 1.